The predicted octanol–water partition coefficient (Wildman–Crippen LogP) is -0.0554. The summed E-state index contributed by atoms with van der Waals surface area (Å²) in [7, 11) is 0. The van der Waals surface area contributed by atoms with Crippen molar-refractivity contribution in [2.45, 2.75) is 0 Å². The molecule has 0 aliphatic heterocycles. The highest BCUT2D eigenvalue weighted by molar-refractivity contribution is 7.80. The van der Waals surface area contributed by atoms with Crippen LogP contribution >= 0.6 is 12.6 Å². The van der Waals surface area contributed by atoms with Gasteiger partial charge in [-0.2, -0.15) is 12.6 Å². The molecular weight excluding hydrogens is 204 g/mol. The Bertz CT molecular complexity index is 209. The third kappa shape index (κ3) is 7.48. The Labute approximate surface area is 88.3 Å². The van der Waals surface area contributed by atoms with Crippen LogP contribution in [0.5, 0.6) is 0 Å². The summed E-state index contributed by atoms with van der Waals surface area (Å²) in [5, 5.41) is 4.82. The zero-order valence-electron chi connectivity index (χ0n) is 7.78. The van der Waals surface area contributed by atoms with Crippen LogP contribution in [0.25, 0.3) is 0 Å². The Hall–Kier alpha value is -1.17. The highest BCUT2D eigenvalue weighted by atomic mass is 32.1. The number of nitrogens with one attached hydrogen (secondary N) is 2. The lowest BCUT2D eigenvalue weighted by Crippen LogP contribution is -2.37. The second-order valence-electron chi connectivity index (χ2n) is 2.31. The molecule has 5 nitrogen and oxygen atoms in total. The molecule has 0 heterocycles. The zero-order chi connectivity index (χ0) is 10.8. The molecule has 0 spiro atoms. The predicted molar refractivity (Wildman–Crippen MR) is 56.4 cm³/mol. The largest absolute Gasteiger partial charge is 0.445 e. The zero-order valence-corrected chi connectivity index (χ0v) is 8.68. The van der Waals surface area contributed by atoms with Gasteiger partial charge in [-0.1, -0.05) is 12.7 Å². The first-order valence-electron chi connectivity index (χ1n) is 4.09. The topological polar surface area (TPSA) is 67.4 Å². The van der Waals surface area contributed by atoms with Crippen molar-refractivity contribution in [3.8, 4) is 0 Å². The molecule has 2 N–H and O–H groups in total. The van der Waals surface area contributed by atoms with Crippen molar-refractivity contribution in [1.82, 2.24) is 10.6 Å². The van der Waals surface area contributed by atoms with Crippen LogP contribution in [0.3, 0.4) is 0 Å². The molecule has 0 bridgehead atoms. The average molecular weight is 218 g/mol. The van der Waals surface area contributed by atoms with Crippen molar-refractivity contribution in [2.24, 2.45) is 0 Å². The molecule has 0 aliphatic rings. The van der Waals surface area contributed by atoms with Crippen LogP contribution in [0.1, 0.15) is 0 Å². The van der Waals surface area contributed by atoms with Crippen LogP contribution in [0.4, 0.5) is 4.79 Å². The van der Waals surface area contributed by atoms with Crippen LogP contribution in [-0.2, 0) is 9.53 Å². The van der Waals surface area contributed by atoms with E-state index in [0.717, 1.165) is 0 Å². The van der Waals surface area contributed by atoms with Crippen molar-refractivity contribution in [1.29, 1.82) is 0 Å². The molecule has 0 aromatic carbocycles. The van der Waals surface area contributed by atoms with Crippen molar-refractivity contribution in [2.75, 3.05) is 25.4 Å². The van der Waals surface area contributed by atoms with Crippen LogP contribution in [0.2, 0.25) is 0 Å². The molecule has 0 unspecified atom stereocenters. The Balaban J connectivity index is 3.45. The molecule has 0 aromatic heterocycles. The molecule has 0 saturated carbocycles. The van der Waals surface area contributed by atoms with E-state index >= 15 is 0 Å². The number of carbonyl (C=O) groups is 2. The molecule has 80 valence electrons. The van der Waals surface area contributed by atoms with Gasteiger partial charge in [0.2, 0.25) is 5.91 Å². The van der Waals surface area contributed by atoms with E-state index in [0.29, 0.717) is 12.3 Å². The summed E-state index contributed by atoms with van der Waals surface area (Å²) in [4.78, 5) is 21.7. The highest BCUT2D eigenvalue weighted by Crippen LogP contribution is 1.77. The van der Waals surface area contributed by atoms with E-state index in [-0.39, 0.29) is 19.1 Å². The Morgan fingerprint density at radius 2 is 2.14 bits per heavy atom. The van der Waals surface area contributed by atoms with Crippen LogP contribution in [0.15, 0.2) is 12.7 Å². The van der Waals surface area contributed by atoms with Gasteiger partial charge in [-0.05, 0) is 0 Å². The minimum absolute atomic E-state index is 0.0935. The van der Waals surface area contributed by atoms with E-state index in [2.05, 4.69) is 34.6 Å². The molecule has 14 heavy (non-hydrogen) atoms. The molecule has 6 heteroatoms. The average Bonchev–Trinajstić information content (AvgIpc) is 2.20. The van der Waals surface area contributed by atoms with E-state index in [9.17, 15) is 9.59 Å². The van der Waals surface area contributed by atoms with Gasteiger partial charge in [-0.3, -0.25) is 4.79 Å². The summed E-state index contributed by atoms with van der Waals surface area (Å²) < 4.78 is 4.58. The van der Waals surface area contributed by atoms with Gasteiger partial charge in [0.25, 0.3) is 0 Å². The normalized spacial score (nSPS) is 8.93. The fourth-order valence-corrected chi connectivity index (χ4v) is 0.708. The summed E-state index contributed by atoms with van der Waals surface area (Å²) >= 11 is 3.91. The number of amides is 2. The molecule has 0 fully saturated rings. The first-order valence-corrected chi connectivity index (χ1v) is 4.73. The number of hydrogen-bond donors (Lipinski definition) is 3. The lowest BCUT2D eigenvalue weighted by molar-refractivity contribution is -0.120. The number of rotatable bonds is 6. The minimum Gasteiger partial charge on any atom is -0.445 e. The summed E-state index contributed by atoms with van der Waals surface area (Å²) in [5.74, 6) is 0.293. The van der Waals surface area contributed by atoms with Crippen LogP contribution in [0, 0.1) is 0 Å². The maximum Gasteiger partial charge on any atom is 0.407 e. The van der Waals surface area contributed by atoms with Crippen molar-refractivity contribution >= 4 is 24.6 Å². The Kier molecular flexibility index (Phi) is 7.72. The van der Waals surface area contributed by atoms with Gasteiger partial charge in [-0.25, -0.2) is 4.79 Å². The fourth-order valence-electron chi connectivity index (χ4n) is 0.596. The maximum absolute atomic E-state index is 10.9. The number of alkyl carbamates (subject to hydrolysis) is 1. The van der Waals surface area contributed by atoms with E-state index in [1.165, 1.54) is 6.08 Å². The van der Waals surface area contributed by atoms with Crippen molar-refractivity contribution in [3.63, 3.8) is 0 Å². The van der Waals surface area contributed by atoms with Crippen LogP contribution in [-0.4, -0.2) is 37.4 Å². The van der Waals surface area contributed by atoms with Crippen LogP contribution < -0.4 is 10.6 Å². The molecule has 0 saturated heterocycles. The van der Waals surface area contributed by atoms with E-state index < -0.39 is 6.09 Å². The number of thiol groups is 1. The number of ether oxygens (including phenoxy) is 1. The van der Waals surface area contributed by atoms with Gasteiger partial charge in [0.1, 0.15) is 6.61 Å². The van der Waals surface area contributed by atoms with Crippen molar-refractivity contribution in [3.05, 3.63) is 12.7 Å². The molecule has 2 amide bonds. The van der Waals surface area contributed by atoms with Gasteiger partial charge >= 0.3 is 6.09 Å². The maximum atomic E-state index is 10.9. The second kappa shape index (κ2) is 8.43. The van der Waals surface area contributed by atoms with Crippen molar-refractivity contribution < 1.29 is 14.3 Å². The quantitative estimate of drug-likeness (QED) is 0.432. The standard InChI is InChI=1S/C8H14N2O3S/c1-2-4-13-8(12)10-6-7(11)9-3-5-14/h2,14H,1,3-6H2,(H,9,11)(H,10,12). The molecular formula is C8H14N2O3S. The molecule has 0 aliphatic carbocycles. The second-order valence-corrected chi connectivity index (χ2v) is 2.76. The first-order chi connectivity index (χ1) is 6.70. The summed E-state index contributed by atoms with van der Waals surface area (Å²) in [6.45, 7) is 3.89. The highest BCUT2D eigenvalue weighted by Gasteiger charge is 2.03. The lowest BCUT2D eigenvalue weighted by Gasteiger charge is -2.05. The Morgan fingerprint density at radius 3 is 2.71 bits per heavy atom. The van der Waals surface area contributed by atoms with E-state index in [1.54, 1.807) is 0 Å². The Morgan fingerprint density at radius 1 is 1.43 bits per heavy atom. The number of carbonyl (C=O) groups excluding carboxylic acids is 2. The molecule has 0 atom stereocenters. The van der Waals surface area contributed by atoms with Gasteiger partial charge in [0.05, 0.1) is 6.54 Å². The molecule has 0 aromatic rings. The monoisotopic (exact) mass is 218 g/mol. The fraction of sp³-hybridized carbons (Fsp3) is 0.500. The van der Waals surface area contributed by atoms with Gasteiger partial charge in [0, 0.05) is 12.3 Å². The van der Waals surface area contributed by atoms with E-state index in [1.807, 2.05) is 0 Å². The molecule has 0 rings (SSSR count). The van der Waals surface area contributed by atoms with Gasteiger partial charge in [-0.15, -0.1) is 0 Å². The lowest BCUT2D eigenvalue weighted by atomic mass is 10.5. The third-order valence-corrected chi connectivity index (χ3v) is 1.38. The third-order valence-electron chi connectivity index (χ3n) is 1.16. The minimum atomic E-state index is -0.633. The summed E-state index contributed by atoms with van der Waals surface area (Å²) in [6.07, 6.45) is 0.812. The van der Waals surface area contributed by atoms with Gasteiger partial charge in [0.15, 0.2) is 0 Å². The SMILES string of the molecule is C=CCOC(=O)NCC(=O)NCCS. The summed E-state index contributed by atoms with van der Waals surface area (Å²) in [6, 6.07) is 0. The molecule has 0 radical (unpaired) electrons. The van der Waals surface area contributed by atoms with Gasteiger partial charge < -0.3 is 15.4 Å². The number of hydrogen-bond acceptors (Lipinski definition) is 4. The first kappa shape index (κ1) is 12.8. The summed E-state index contributed by atoms with van der Waals surface area (Å²) in [5.41, 5.74) is 0. The van der Waals surface area contributed by atoms with E-state index in [4.69, 9.17) is 0 Å². The smallest absolute Gasteiger partial charge is 0.407 e.